The van der Waals surface area contributed by atoms with Crippen molar-refractivity contribution in [3.8, 4) is 5.88 Å². The van der Waals surface area contributed by atoms with Crippen LogP contribution in [0.4, 0.5) is 0 Å². The Balaban J connectivity index is 1.63. The van der Waals surface area contributed by atoms with Crippen LogP contribution in [-0.4, -0.2) is 41.9 Å². The largest absolute Gasteiger partial charge is 0.474 e. The summed E-state index contributed by atoms with van der Waals surface area (Å²) >= 11 is 0. The number of rotatable bonds is 4. The van der Waals surface area contributed by atoms with E-state index in [2.05, 4.69) is 9.97 Å². The van der Waals surface area contributed by atoms with Crippen LogP contribution < -0.4 is 4.74 Å². The standard InChI is InChI=1S/C17H21N3O3S/c1-13-12-17(19-14(2)18-13)23-15-8-10-20(11-9-15)24(21,22)16-6-4-3-5-7-16/h3-7,12,15H,8-11H2,1-2H3. The zero-order valence-corrected chi connectivity index (χ0v) is 14.7. The highest BCUT2D eigenvalue weighted by Gasteiger charge is 2.30. The van der Waals surface area contributed by atoms with Gasteiger partial charge in [-0.25, -0.2) is 13.4 Å². The molecule has 3 rings (SSSR count). The molecule has 0 amide bonds. The highest BCUT2D eigenvalue weighted by molar-refractivity contribution is 7.89. The van der Waals surface area contributed by atoms with E-state index in [1.807, 2.05) is 19.9 Å². The molecule has 1 aromatic carbocycles. The molecule has 1 fully saturated rings. The van der Waals surface area contributed by atoms with E-state index in [0.717, 1.165) is 5.69 Å². The number of ether oxygens (including phenoxy) is 1. The first-order valence-corrected chi connectivity index (χ1v) is 9.43. The molecule has 2 aromatic rings. The maximum absolute atomic E-state index is 12.6. The van der Waals surface area contributed by atoms with Crippen molar-refractivity contribution in [1.29, 1.82) is 0 Å². The molecule has 0 saturated carbocycles. The third kappa shape index (κ3) is 3.73. The van der Waals surface area contributed by atoms with Crippen LogP contribution in [0.5, 0.6) is 5.88 Å². The van der Waals surface area contributed by atoms with Gasteiger partial charge in [-0.2, -0.15) is 9.29 Å². The average molecular weight is 347 g/mol. The Morgan fingerprint density at radius 1 is 1.08 bits per heavy atom. The van der Waals surface area contributed by atoms with Crippen molar-refractivity contribution in [2.45, 2.75) is 37.7 Å². The van der Waals surface area contributed by atoms with Crippen LogP contribution in [0.2, 0.25) is 0 Å². The minimum atomic E-state index is -3.42. The summed E-state index contributed by atoms with van der Waals surface area (Å²) in [5, 5.41) is 0. The van der Waals surface area contributed by atoms with Gasteiger partial charge in [0.1, 0.15) is 11.9 Å². The molecule has 0 N–H and O–H groups in total. The highest BCUT2D eigenvalue weighted by Crippen LogP contribution is 2.23. The molecule has 0 spiro atoms. The molecular formula is C17H21N3O3S. The lowest BCUT2D eigenvalue weighted by atomic mass is 10.1. The fourth-order valence-electron chi connectivity index (χ4n) is 2.85. The number of aromatic nitrogens is 2. The van der Waals surface area contributed by atoms with Gasteiger partial charge in [-0.05, 0) is 38.8 Å². The number of hydrogen-bond donors (Lipinski definition) is 0. The van der Waals surface area contributed by atoms with Gasteiger partial charge in [-0.15, -0.1) is 0 Å². The normalized spacial score (nSPS) is 16.9. The van der Waals surface area contributed by atoms with E-state index in [9.17, 15) is 8.42 Å². The lowest BCUT2D eigenvalue weighted by Crippen LogP contribution is -2.41. The molecule has 1 aromatic heterocycles. The van der Waals surface area contributed by atoms with Crippen molar-refractivity contribution in [3.63, 3.8) is 0 Å². The van der Waals surface area contributed by atoms with Crippen LogP contribution in [0.3, 0.4) is 0 Å². The van der Waals surface area contributed by atoms with E-state index >= 15 is 0 Å². The molecule has 7 heteroatoms. The van der Waals surface area contributed by atoms with Crippen molar-refractivity contribution in [2.24, 2.45) is 0 Å². The summed E-state index contributed by atoms with van der Waals surface area (Å²) in [6.45, 7) is 4.63. The Morgan fingerprint density at radius 3 is 2.38 bits per heavy atom. The third-order valence-electron chi connectivity index (χ3n) is 4.01. The van der Waals surface area contributed by atoms with Crippen LogP contribution in [-0.2, 0) is 10.0 Å². The van der Waals surface area contributed by atoms with Crippen molar-refractivity contribution >= 4 is 10.0 Å². The van der Waals surface area contributed by atoms with E-state index in [1.54, 1.807) is 30.3 Å². The molecule has 0 bridgehead atoms. The molecule has 128 valence electrons. The fraction of sp³-hybridized carbons (Fsp3) is 0.412. The molecule has 24 heavy (non-hydrogen) atoms. The summed E-state index contributed by atoms with van der Waals surface area (Å²) in [6.07, 6.45) is 1.27. The van der Waals surface area contributed by atoms with E-state index in [4.69, 9.17) is 4.74 Å². The van der Waals surface area contributed by atoms with Crippen molar-refractivity contribution in [1.82, 2.24) is 14.3 Å². The topological polar surface area (TPSA) is 72.4 Å². The smallest absolute Gasteiger partial charge is 0.243 e. The first kappa shape index (κ1) is 16.9. The maximum Gasteiger partial charge on any atom is 0.243 e. The Bertz CT molecular complexity index is 781. The second kappa shape index (κ2) is 6.86. The molecule has 1 aliphatic rings. The zero-order chi connectivity index (χ0) is 17.2. The van der Waals surface area contributed by atoms with E-state index in [1.165, 1.54) is 4.31 Å². The number of nitrogens with zero attached hydrogens (tertiary/aromatic N) is 3. The van der Waals surface area contributed by atoms with Crippen LogP contribution in [0.1, 0.15) is 24.4 Å². The lowest BCUT2D eigenvalue weighted by Gasteiger charge is -2.31. The van der Waals surface area contributed by atoms with Crippen LogP contribution >= 0.6 is 0 Å². The first-order valence-electron chi connectivity index (χ1n) is 7.99. The Hall–Kier alpha value is -1.99. The third-order valence-corrected chi connectivity index (χ3v) is 5.92. The molecule has 2 heterocycles. The molecule has 0 atom stereocenters. The number of sulfonamides is 1. The SMILES string of the molecule is Cc1cc(OC2CCN(S(=O)(=O)c3ccccc3)CC2)nc(C)n1. The summed E-state index contributed by atoms with van der Waals surface area (Å²) in [6, 6.07) is 10.4. The maximum atomic E-state index is 12.6. The fourth-order valence-corrected chi connectivity index (χ4v) is 4.34. The highest BCUT2D eigenvalue weighted by atomic mass is 32.2. The van der Waals surface area contributed by atoms with Crippen LogP contribution in [0.15, 0.2) is 41.3 Å². The van der Waals surface area contributed by atoms with Gasteiger partial charge in [0.05, 0.1) is 4.90 Å². The van der Waals surface area contributed by atoms with Gasteiger partial charge in [0.2, 0.25) is 15.9 Å². The minimum Gasteiger partial charge on any atom is -0.474 e. The van der Waals surface area contributed by atoms with Gasteiger partial charge in [0.15, 0.2) is 0 Å². The van der Waals surface area contributed by atoms with E-state index < -0.39 is 10.0 Å². The zero-order valence-electron chi connectivity index (χ0n) is 13.8. The Kier molecular flexibility index (Phi) is 4.82. The van der Waals surface area contributed by atoms with Crippen molar-refractivity contribution in [2.75, 3.05) is 13.1 Å². The summed E-state index contributed by atoms with van der Waals surface area (Å²) in [5.41, 5.74) is 0.863. The summed E-state index contributed by atoms with van der Waals surface area (Å²) in [4.78, 5) is 8.84. The summed E-state index contributed by atoms with van der Waals surface area (Å²) < 4.78 is 32.6. The van der Waals surface area contributed by atoms with Gasteiger partial charge < -0.3 is 4.74 Å². The summed E-state index contributed by atoms with van der Waals surface area (Å²) in [5.74, 6) is 1.23. The van der Waals surface area contributed by atoms with Gasteiger partial charge in [-0.3, -0.25) is 0 Å². The van der Waals surface area contributed by atoms with E-state index in [-0.39, 0.29) is 6.10 Å². The minimum absolute atomic E-state index is 0.0269. The monoisotopic (exact) mass is 347 g/mol. The molecular weight excluding hydrogens is 326 g/mol. The lowest BCUT2D eigenvalue weighted by molar-refractivity contribution is 0.129. The Labute approximate surface area is 142 Å². The van der Waals surface area contributed by atoms with Gasteiger partial charge >= 0.3 is 0 Å². The molecule has 1 saturated heterocycles. The first-order chi connectivity index (χ1) is 11.4. The number of benzene rings is 1. The second-order valence-corrected chi connectivity index (χ2v) is 7.87. The van der Waals surface area contributed by atoms with Crippen molar-refractivity contribution < 1.29 is 13.2 Å². The van der Waals surface area contributed by atoms with E-state index in [0.29, 0.717) is 42.5 Å². The number of piperidine rings is 1. The predicted molar refractivity (Wildman–Crippen MR) is 90.4 cm³/mol. The molecule has 0 aliphatic carbocycles. The van der Waals surface area contributed by atoms with Crippen LogP contribution in [0.25, 0.3) is 0 Å². The predicted octanol–water partition coefficient (Wildman–Crippen LogP) is 2.33. The molecule has 0 radical (unpaired) electrons. The van der Waals surface area contributed by atoms with Crippen molar-refractivity contribution in [3.05, 3.63) is 47.9 Å². The number of aryl methyl sites for hydroxylation is 2. The average Bonchev–Trinajstić information content (AvgIpc) is 2.55. The summed E-state index contributed by atoms with van der Waals surface area (Å²) in [7, 11) is -3.42. The van der Waals surface area contributed by atoms with Gasteiger partial charge in [0, 0.05) is 24.8 Å². The van der Waals surface area contributed by atoms with Gasteiger partial charge in [0.25, 0.3) is 0 Å². The quantitative estimate of drug-likeness (QED) is 0.849. The van der Waals surface area contributed by atoms with Crippen LogP contribution in [0, 0.1) is 13.8 Å². The molecule has 0 unspecified atom stereocenters. The van der Waals surface area contributed by atoms with Gasteiger partial charge in [-0.1, -0.05) is 18.2 Å². The Morgan fingerprint density at radius 2 is 1.75 bits per heavy atom. The molecule has 6 nitrogen and oxygen atoms in total. The number of hydrogen-bond acceptors (Lipinski definition) is 5. The second-order valence-electron chi connectivity index (χ2n) is 5.93. The molecule has 1 aliphatic heterocycles.